The van der Waals surface area contributed by atoms with Crippen molar-refractivity contribution in [3.8, 4) is 0 Å². The summed E-state index contributed by atoms with van der Waals surface area (Å²) in [6.07, 6.45) is 5.80. The van der Waals surface area contributed by atoms with Gasteiger partial charge in [0.2, 0.25) is 0 Å². The summed E-state index contributed by atoms with van der Waals surface area (Å²) in [7, 11) is -1.48. The van der Waals surface area contributed by atoms with E-state index in [1.54, 1.807) is 17.4 Å². The summed E-state index contributed by atoms with van der Waals surface area (Å²) < 4.78 is 2.33. The van der Waals surface area contributed by atoms with Gasteiger partial charge in [-0.1, -0.05) is 55.1 Å². The lowest BCUT2D eigenvalue weighted by Crippen LogP contribution is -2.31. The van der Waals surface area contributed by atoms with Crippen LogP contribution >= 0.6 is 11.3 Å². The maximum absolute atomic E-state index is 9.69. The predicted molar refractivity (Wildman–Crippen MR) is 93.2 cm³/mol. The lowest BCUT2D eigenvalue weighted by molar-refractivity contribution is 0.426. The van der Waals surface area contributed by atoms with Gasteiger partial charge in [0.05, 0.1) is 0 Å². The minimum atomic E-state index is -1.48. The van der Waals surface area contributed by atoms with Crippen molar-refractivity contribution >= 4 is 56.9 Å². The number of rotatable bonds is 2. The molecule has 0 saturated carbocycles. The molecular formula is C17H15BO2S. The molecule has 0 aliphatic carbocycles. The van der Waals surface area contributed by atoms with E-state index in [1.165, 1.54) is 4.53 Å². The quantitative estimate of drug-likeness (QED) is 0.703. The molecule has 3 aromatic rings. The van der Waals surface area contributed by atoms with Gasteiger partial charge in [-0.25, -0.2) is 0 Å². The van der Waals surface area contributed by atoms with Gasteiger partial charge in [-0.3, -0.25) is 0 Å². The van der Waals surface area contributed by atoms with Crippen molar-refractivity contribution in [2.24, 2.45) is 0 Å². The Bertz CT molecular complexity index is 954. The van der Waals surface area contributed by atoms with E-state index in [9.17, 15) is 10.0 Å². The highest BCUT2D eigenvalue weighted by Gasteiger charge is 2.18. The molecule has 3 rings (SSSR count). The Morgan fingerprint density at radius 1 is 1.14 bits per heavy atom. The fourth-order valence-corrected chi connectivity index (χ4v) is 3.89. The molecule has 0 bridgehead atoms. The third-order valence-electron chi connectivity index (χ3n) is 3.62. The predicted octanol–water partition coefficient (Wildman–Crippen LogP) is 1.50. The van der Waals surface area contributed by atoms with Crippen LogP contribution in [0.3, 0.4) is 0 Å². The molecule has 2 nitrogen and oxygen atoms in total. The maximum Gasteiger partial charge on any atom is 0.489 e. The lowest BCUT2D eigenvalue weighted by atomic mass is 9.76. The highest BCUT2D eigenvalue weighted by molar-refractivity contribution is 7.18. The van der Waals surface area contributed by atoms with Crippen molar-refractivity contribution in [2.45, 2.75) is 6.92 Å². The first-order chi connectivity index (χ1) is 10.2. The highest BCUT2D eigenvalue weighted by atomic mass is 32.1. The molecule has 2 N–H and O–H groups in total. The first-order valence-electron chi connectivity index (χ1n) is 6.76. The molecule has 4 heteroatoms. The van der Waals surface area contributed by atoms with Gasteiger partial charge >= 0.3 is 7.12 Å². The molecule has 0 atom stereocenters. The van der Waals surface area contributed by atoms with Gasteiger partial charge in [-0.15, -0.1) is 11.3 Å². The van der Waals surface area contributed by atoms with E-state index in [0.29, 0.717) is 5.46 Å². The summed E-state index contributed by atoms with van der Waals surface area (Å²) in [5.74, 6) is 0. The Morgan fingerprint density at radius 2 is 1.86 bits per heavy atom. The van der Waals surface area contributed by atoms with E-state index in [-0.39, 0.29) is 0 Å². The molecule has 21 heavy (non-hydrogen) atoms. The molecular weight excluding hydrogens is 279 g/mol. The molecule has 0 radical (unpaired) electrons. The van der Waals surface area contributed by atoms with Crippen molar-refractivity contribution in [1.82, 2.24) is 0 Å². The summed E-state index contributed by atoms with van der Waals surface area (Å²) in [6.45, 7) is 5.78. The Hall–Kier alpha value is -1.88. The molecule has 1 heterocycles. The molecule has 0 unspecified atom stereocenters. The van der Waals surface area contributed by atoms with E-state index >= 15 is 0 Å². The monoisotopic (exact) mass is 294 g/mol. The fraction of sp³-hybridized carbons (Fsp3) is 0.0588. The van der Waals surface area contributed by atoms with Crippen molar-refractivity contribution in [2.75, 3.05) is 0 Å². The van der Waals surface area contributed by atoms with Crippen LogP contribution in [0.4, 0.5) is 0 Å². The lowest BCUT2D eigenvalue weighted by Gasteiger charge is -2.07. The number of hydrogen-bond donors (Lipinski definition) is 2. The molecule has 2 aromatic carbocycles. The Balaban J connectivity index is 2.64. The average Bonchev–Trinajstić information content (AvgIpc) is 2.85. The van der Waals surface area contributed by atoms with Gasteiger partial charge in [0, 0.05) is 14.6 Å². The topological polar surface area (TPSA) is 40.5 Å². The standard InChI is InChI=1S/C17H15BO2S/c1-3-7-12-14-10-15(18(19)20)11-8-5-6-9-13(11)17(14)21-16(12)4-2/h3-10,19-20H,1H2,2H3/b12-7-,16-4+. The van der Waals surface area contributed by atoms with Crippen LogP contribution in [0.15, 0.2) is 43.0 Å². The van der Waals surface area contributed by atoms with Crippen LogP contribution in [0.5, 0.6) is 0 Å². The summed E-state index contributed by atoms with van der Waals surface area (Å²) in [5.41, 5.74) is 0.539. The third-order valence-corrected chi connectivity index (χ3v) is 4.94. The largest absolute Gasteiger partial charge is 0.489 e. The summed E-state index contributed by atoms with van der Waals surface area (Å²) in [5, 5.41) is 23.4. The van der Waals surface area contributed by atoms with Gasteiger partial charge in [0.15, 0.2) is 0 Å². The normalized spacial score (nSPS) is 13.3. The first kappa shape index (κ1) is 14.1. The zero-order valence-corrected chi connectivity index (χ0v) is 12.5. The van der Waals surface area contributed by atoms with Crippen molar-refractivity contribution in [1.29, 1.82) is 0 Å². The van der Waals surface area contributed by atoms with E-state index in [2.05, 4.69) is 12.7 Å². The van der Waals surface area contributed by atoms with Crippen LogP contribution in [-0.4, -0.2) is 17.2 Å². The van der Waals surface area contributed by atoms with Gasteiger partial charge in [-0.05, 0) is 28.4 Å². The highest BCUT2D eigenvalue weighted by Crippen LogP contribution is 2.24. The smallest absolute Gasteiger partial charge is 0.423 e. The second kappa shape index (κ2) is 5.49. The van der Waals surface area contributed by atoms with Crippen LogP contribution in [-0.2, 0) is 0 Å². The minimum Gasteiger partial charge on any atom is -0.423 e. The van der Waals surface area contributed by atoms with Crippen molar-refractivity contribution < 1.29 is 10.0 Å². The van der Waals surface area contributed by atoms with Gasteiger partial charge in [0.1, 0.15) is 0 Å². The average molecular weight is 294 g/mol. The molecule has 0 aliphatic rings. The summed E-state index contributed by atoms with van der Waals surface area (Å²) in [4.78, 5) is 0. The third kappa shape index (κ3) is 2.22. The molecule has 104 valence electrons. The maximum atomic E-state index is 9.69. The van der Waals surface area contributed by atoms with Gasteiger partial charge < -0.3 is 10.0 Å². The molecule has 0 spiro atoms. The van der Waals surface area contributed by atoms with Crippen LogP contribution in [0.25, 0.3) is 33.0 Å². The molecule has 0 amide bonds. The van der Waals surface area contributed by atoms with Crippen LogP contribution in [0.1, 0.15) is 6.92 Å². The number of benzene rings is 2. The SMILES string of the molecule is C=C/C=c1\c(=C/C)sc2c1cc(B(O)O)c1ccccc12. The van der Waals surface area contributed by atoms with Crippen LogP contribution in [0, 0.1) is 0 Å². The van der Waals surface area contributed by atoms with Crippen LogP contribution < -0.4 is 15.2 Å². The molecule has 0 fully saturated rings. The van der Waals surface area contributed by atoms with E-state index < -0.39 is 7.12 Å². The van der Waals surface area contributed by atoms with Gasteiger partial charge in [0.25, 0.3) is 0 Å². The van der Waals surface area contributed by atoms with E-state index in [4.69, 9.17) is 0 Å². The number of thiophene rings is 1. The van der Waals surface area contributed by atoms with Crippen molar-refractivity contribution in [3.05, 3.63) is 52.7 Å². The fourth-order valence-electron chi connectivity index (χ4n) is 2.70. The minimum absolute atomic E-state index is 0.539. The number of allylic oxidation sites excluding steroid dienone is 1. The molecule has 0 saturated heterocycles. The first-order valence-corrected chi connectivity index (χ1v) is 7.58. The summed E-state index contributed by atoms with van der Waals surface area (Å²) in [6, 6.07) is 9.71. The summed E-state index contributed by atoms with van der Waals surface area (Å²) >= 11 is 1.72. The van der Waals surface area contributed by atoms with E-state index in [1.807, 2.05) is 43.3 Å². The van der Waals surface area contributed by atoms with Gasteiger partial charge in [-0.2, -0.15) is 0 Å². The Labute approximate surface area is 127 Å². The van der Waals surface area contributed by atoms with Crippen LogP contribution in [0.2, 0.25) is 0 Å². The number of fused-ring (bicyclic) bond motifs is 3. The number of hydrogen-bond acceptors (Lipinski definition) is 3. The second-order valence-corrected chi connectivity index (χ2v) is 5.88. The second-order valence-electron chi connectivity index (χ2n) is 4.83. The molecule has 1 aromatic heterocycles. The zero-order chi connectivity index (χ0) is 15.0. The molecule has 0 aliphatic heterocycles. The van der Waals surface area contributed by atoms with E-state index in [0.717, 1.165) is 26.1 Å². The Morgan fingerprint density at radius 3 is 2.48 bits per heavy atom. The zero-order valence-electron chi connectivity index (χ0n) is 11.7. The Kier molecular flexibility index (Phi) is 3.68. The van der Waals surface area contributed by atoms with Crippen molar-refractivity contribution in [3.63, 3.8) is 0 Å².